The van der Waals surface area contributed by atoms with E-state index in [-0.39, 0.29) is 15.8 Å². The van der Waals surface area contributed by atoms with Crippen LogP contribution in [0.2, 0.25) is 10.0 Å². The number of hydrogen-bond donors (Lipinski definition) is 2. The second-order valence-electron chi connectivity index (χ2n) is 6.56. The summed E-state index contributed by atoms with van der Waals surface area (Å²) in [6.45, 7) is 0. The van der Waals surface area contributed by atoms with Crippen molar-refractivity contribution in [1.82, 2.24) is 9.78 Å². The van der Waals surface area contributed by atoms with Gasteiger partial charge in [0.1, 0.15) is 0 Å². The van der Waals surface area contributed by atoms with E-state index in [0.29, 0.717) is 10.7 Å². The highest BCUT2D eigenvalue weighted by Gasteiger charge is 2.33. The lowest BCUT2D eigenvalue weighted by molar-refractivity contribution is -0.137. The molecule has 1 aromatic heterocycles. The van der Waals surface area contributed by atoms with Crippen LogP contribution in [0.15, 0.2) is 66.9 Å². The topological polar surface area (TPSA) is 41.9 Å². The molecule has 1 heterocycles. The van der Waals surface area contributed by atoms with Gasteiger partial charge in [-0.05, 0) is 66.8 Å². The van der Waals surface area contributed by atoms with Gasteiger partial charge in [-0.25, -0.2) is 4.68 Å². The van der Waals surface area contributed by atoms with Crippen LogP contribution in [-0.4, -0.2) is 14.9 Å². The van der Waals surface area contributed by atoms with E-state index in [4.69, 9.17) is 35.4 Å². The molecular weight excluding hydrogens is 468 g/mol. The summed E-state index contributed by atoms with van der Waals surface area (Å²) >= 11 is 17.0. The molecule has 0 aliphatic rings. The average molecular weight is 481 g/mol. The zero-order valence-electron chi connectivity index (χ0n) is 15.5. The van der Waals surface area contributed by atoms with Crippen molar-refractivity contribution in [2.24, 2.45) is 0 Å². The number of halogens is 5. The first kappa shape index (κ1) is 21.4. The normalized spacial score (nSPS) is 11.5. The molecular formula is C21H13Cl2F3N4S. The molecule has 0 atom stereocenters. The molecule has 0 spiro atoms. The zero-order chi connectivity index (χ0) is 22.2. The third-order valence-electron chi connectivity index (χ3n) is 4.42. The first-order valence-corrected chi connectivity index (χ1v) is 10.1. The Morgan fingerprint density at radius 1 is 0.903 bits per heavy atom. The highest BCUT2D eigenvalue weighted by atomic mass is 35.5. The molecule has 4 rings (SSSR count). The Balaban J connectivity index is 1.46. The summed E-state index contributed by atoms with van der Waals surface area (Å²) in [5, 5.41) is 11.4. The van der Waals surface area contributed by atoms with Gasteiger partial charge in [0.15, 0.2) is 5.11 Å². The van der Waals surface area contributed by atoms with Crippen LogP contribution in [0.5, 0.6) is 0 Å². The van der Waals surface area contributed by atoms with Gasteiger partial charge in [-0.2, -0.15) is 18.3 Å². The molecule has 0 radical (unpaired) electrons. The number of nitrogens with zero attached hydrogens (tertiary/aromatic N) is 2. The molecule has 10 heteroatoms. The number of benzene rings is 3. The average Bonchev–Trinajstić information content (AvgIpc) is 3.15. The summed E-state index contributed by atoms with van der Waals surface area (Å²) in [5.41, 5.74) is 1.48. The number of alkyl halides is 3. The second-order valence-corrected chi connectivity index (χ2v) is 7.79. The van der Waals surface area contributed by atoms with Gasteiger partial charge in [0, 0.05) is 23.0 Å². The number of anilines is 2. The van der Waals surface area contributed by atoms with Crippen LogP contribution in [0.25, 0.3) is 16.6 Å². The van der Waals surface area contributed by atoms with Gasteiger partial charge in [0.05, 0.1) is 26.8 Å². The third kappa shape index (κ3) is 4.76. The maximum Gasteiger partial charge on any atom is 0.417 e. The fraction of sp³-hybridized carbons (Fsp3) is 0.0476. The van der Waals surface area contributed by atoms with Crippen LogP contribution in [0, 0.1) is 0 Å². The van der Waals surface area contributed by atoms with Crippen LogP contribution in [0.3, 0.4) is 0 Å². The fourth-order valence-corrected chi connectivity index (χ4v) is 3.63. The van der Waals surface area contributed by atoms with Crippen molar-refractivity contribution >= 4 is 62.8 Å². The molecule has 4 aromatic rings. The Morgan fingerprint density at radius 2 is 1.58 bits per heavy atom. The van der Waals surface area contributed by atoms with Crippen molar-refractivity contribution in [3.05, 3.63) is 82.5 Å². The number of nitrogens with one attached hydrogen (secondary N) is 2. The zero-order valence-corrected chi connectivity index (χ0v) is 17.9. The summed E-state index contributed by atoms with van der Waals surface area (Å²) in [5.74, 6) is 0. The van der Waals surface area contributed by atoms with Crippen LogP contribution in [0.4, 0.5) is 24.5 Å². The van der Waals surface area contributed by atoms with Crippen molar-refractivity contribution in [1.29, 1.82) is 0 Å². The molecule has 0 aliphatic carbocycles. The minimum absolute atomic E-state index is 0.139. The van der Waals surface area contributed by atoms with E-state index in [0.717, 1.165) is 22.7 Å². The molecule has 158 valence electrons. The Kier molecular flexibility index (Phi) is 5.79. The van der Waals surface area contributed by atoms with E-state index in [1.807, 2.05) is 30.5 Å². The summed E-state index contributed by atoms with van der Waals surface area (Å²) < 4.78 is 40.7. The lowest BCUT2D eigenvalue weighted by Gasteiger charge is -2.14. The van der Waals surface area contributed by atoms with Crippen molar-refractivity contribution in [2.75, 3.05) is 10.6 Å². The Bertz CT molecular complexity index is 1270. The summed E-state index contributed by atoms with van der Waals surface area (Å²) in [6.07, 6.45) is -2.72. The predicted octanol–water partition coefficient (Wildman–Crippen LogP) is 7.16. The smallest absolute Gasteiger partial charge is 0.332 e. The first-order valence-electron chi connectivity index (χ1n) is 8.90. The van der Waals surface area contributed by atoms with E-state index < -0.39 is 11.7 Å². The van der Waals surface area contributed by atoms with E-state index in [9.17, 15) is 13.2 Å². The van der Waals surface area contributed by atoms with E-state index in [2.05, 4.69) is 15.7 Å². The fourth-order valence-electron chi connectivity index (χ4n) is 2.95. The molecule has 0 aliphatic heterocycles. The molecule has 31 heavy (non-hydrogen) atoms. The molecule has 0 saturated heterocycles. The van der Waals surface area contributed by atoms with E-state index in [1.54, 1.807) is 22.9 Å². The maximum absolute atomic E-state index is 13.0. The lowest BCUT2D eigenvalue weighted by atomic mass is 10.2. The number of hydrogen-bond acceptors (Lipinski definition) is 2. The van der Waals surface area contributed by atoms with Gasteiger partial charge in [-0.3, -0.25) is 0 Å². The van der Waals surface area contributed by atoms with Gasteiger partial charge in [-0.1, -0.05) is 29.3 Å². The third-order valence-corrected chi connectivity index (χ3v) is 5.28. The summed E-state index contributed by atoms with van der Waals surface area (Å²) in [4.78, 5) is 0. The van der Waals surface area contributed by atoms with Gasteiger partial charge < -0.3 is 10.6 Å². The van der Waals surface area contributed by atoms with Crippen LogP contribution < -0.4 is 10.6 Å². The monoisotopic (exact) mass is 480 g/mol. The van der Waals surface area contributed by atoms with Crippen molar-refractivity contribution in [2.45, 2.75) is 6.18 Å². The molecule has 0 amide bonds. The van der Waals surface area contributed by atoms with Gasteiger partial charge in [0.2, 0.25) is 0 Å². The Labute approximate surface area is 190 Å². The lowest BCUT2D eigenvalue weighted by Crippen LogP contribution is -2.19. The van der Waals surface area contributed by atoms with Gasteiger partial charge in [0.25, 0.3) is 0 Å². The molecule has 0 saturated carbocycles. The van der Waals surface area contributed by atoms with Crippen molar-refractivity contribution in [3.8, 4) is 5.69 Å². The SMILES string of the molecule is FC(F)(F)c1cc(NC(=S)Nc2ccc(-n3cc4c(Cl)cccc4n3)cc2)ccc1Cl. The molecule has 4 nitrogen and oxygen atoms in total. The Morgan fingerprint density at radius 3 is 2.26 bits per heavy atom. The second kappa shape index (κ2) is 8.37. The molecule has 0 unspecified atom stereocenters. The summed E-state index contributed by atoms with van der Waals surface area (Å²) in [6, 6.07) is 16.2. The first-order chi connectivity index (χ1) is 14.7. The number of fused-ring (bicyclic) bond motifs is 1. The summed E-state index contributed by atoms with van der Waals surface area (Å²) in [7, 11) is 0. The molecule has 0 fully saturated rings. The highest BCUT2D eigenvalue weighted by molar-refractivity contribution is 7.80. The van der Waals surface area contributed by atoms with Crippen molar-refractivity contribution in [3.63, 3.8) is 0 Å². The number of rotatable bonds is 3. The highest BCUT2D eigenvalue weighted by Crippen LogP contribution is 2.36. The number of aromatic nitrogens is 2. The quantitative estimate of drug-likeness (QED) is 0.305. The van der Waals surface area contributed by atoms with E-state index in [1.165, 1.54) is 12.1 Å². The minimum atomic E-state index is -4.55. The van der Waals surface area contributed by atoms with Crippen LogP contribution >= 0.6 is 35.4 Å². The van der Waals surface area contributed by atoms with Gasteiger partial charge >= 0.3 is 6.18 Å². The largest absolute Gasteiger partial charge is 0.417 e. The molecule has 2 N–H and O–H groups in total. The van der Waals surface area contributed by atoms with Crippen molar-refractivity contribution < 1.29 is 13.2 Å². The van der Waals surface area contributed by atoms with Crippen LogP contribution in [0.1, 0.15) is 5.56 Å². The van der Waals surface area contributed by atoms with E-state index >= 15 is 0 Å². The van der Waals surface area contributed by atoms with Crippen LogP contribution in [-0.2, 0) is 6.18 Å². The maximum atomic E-state index is 13.0. The molecule has 0 bridgehead atoms. The predicted molar refractivity (Wildman–Crippen MR) is 122 cm³/mol. The number of thiocarbonyl (C=S) groups is 1. The standard InChI is InChI=1S/C21H13Cl2F3N4S/c22-17-2-1-3-19-15(17)11-30(29-19)14-7-4-12(5-8-14)27-20(31)28-13-6-9-18(23)16(10-13)21(24,25)26/h1-11H,(H2,27,28,31). The Hall–Kier alpha value is -2.81. The minimum Gasteiger partial charge on any atom is -0.332 e. The van der Waals surface area contributed by atoms with Gasteiger partial charge in [-0.15, -0.1) is 0 Å². The molecule has 3 aromatic carbocycles.